The maximum atomic E-state index is 13.3. The molecule has 5 nitrogen and oxygen atoms in total. The van der Waals surface area contributed by atoms with Gasteiger partial charge in [0.25, 0.3) is 0 Å². The van der Waals surface area contributed by atoms with Crippen LogP contribution in [0, 0.1) is 16.2 Å². The average Bonchev–Trinajstić information content (AvgIpc) is 3.34. The minimum absolute atomic E-state index is 0.0199. The van der Waals surface area contributed by atoms with Crippen LogP contribution in [-0.2, 0) is 23.4 Å². The molecule has 0 aromatic carbocycles. The van der Waals surface area contributed by atoms with Crippen LogP contribution >= 0.6 is 0 Å². The van der Waals surface area contributed by atoms with Gasteiger partial charge in [-0.2, -0.15) is 0 Å². The minimum atomic E-state index is -2.03. The number of hydrogen-bond acceptors (Lipinski definition) is 5. The van der Waals surface area contributed by atoms with Crippen molar-refractivity contribution < 1.29 is 23.4 Å². The summed E-state index contributed by atoms with van der Waals surface area (Å²) in [7, 11) is -2.03. The summed E-state index contributed by atoms with van der Waals surface area (Å²) in [6, 6.07) is 0. The highest BCUT2D eigenvalue weighted by molar-refractivity contribution is 6.77. The summed E-state index contributed by atoms with van der Waals surface area (Å²) in [6.45, 7) is 20.4. The van der Waals surface area contributed by atoms with Gasteiger partial charge >= 0.3 is 5.97 Å². The molecule has 6 rings (SSSR count). The van der Waals surface area contributed by atoms with Crippen molar-refractivity contribution in [3.8, 4) is 0 Å². The van der Waals surface area contributed by atoms with Crippen LogP contribution in [0.15, 0.2) is 12.2 Å². The summed E-state index contributed by atoms with van der Waals surface area (Å²) in [6.07, 6.45) is 2.97. The molecule has 6 heteroatoms. The fourth-order valence-electron chi connectivity index (χ4n) is 8.90. The molecule has 0 radical (unpaired) electrons. The van der Waals surface area contributed by atoms with E-state index in [-0.39, 0.29) is 22.9 Å². The van der Waals surface area contributed by atoms with E-state index < -0.39 is 19.5 Å². The van der Waals surface area contributed by atoms with E-state index in [0.29, 0.717) is 42.9 Å². The van der Waals surface area contributed by atoms with Crippen LogP contribution in [0.3, 0.4) is 0 Å². The molecular weight excluding hydrogens is 396 g/mol. The van der Waals surface area contributed by atoms with Crippen molar-refractivity contribution in [3.05, 3.63) is 12.2 Å². The van der Waals surface area contributed by atoms with E-state index in [0.717, 1.165) is 19.3 Å². The Labute approximate surface area is 182 Å². The third-order valence-electron chi connectivity index (χ3n) is 9.89. The Bertz CT molecular complexity index is 763. The van der Waals surface area contributed by atoms with Crippen LogP contribution in [0.25, 0.3) is 0 Å². The van der Waals surface area contributed by atoms with E-state index in [4.69, 9.17) is 18.6 Å². The van der Waals surface area contributed by atoms with Gasteiger partial charge in [0.15, 0.2) is 14.1 Å². The lowest BCUT2D eigenvalue weighted by molar-refractivity contribution is -0.246. The quantitative estimate of drug-likeness (QED) is 0.336. The zero-order valence-corrected chi connectivity index (χ0v) is 20.5. The molecule has 168 valence electrons. The van der Waals surface area contributed by atoms with E-state index in [1.54, 1.807) is 0 Å². The molecule has 6 aliphatic rings. The topological polar surface area (TPSA) is 54.0 Å². The Morgan fingerprint density at radius 2 is 1.67 bits per heavy atom. The third-order valence-corrected chi connectivity index (χ3v) is 16.0. The third kappa shape index (κ3) is 2.00. The molecule has 0 unspecified atom stereocenters. The van der Waals surface area contributed by atoms with Crippen LogP contribution in [0.4, 0.5) is 0 Å². The standard InChI is InChI=1S/C24H38O5Si/c1-15(2)30(16(3)4,17(5)6)28-14-21-12-19-23(18(21)7)13-22(26-10-11-27-22)8-9-24(21,23)20(25)29-19/h15-17,19H,7-14H2,1-6H3/t19-,21-,23+,24+/m0/s1. The van der Waals surface area contributed by atoms with Gasteiger partial charge in [-0.1, -0.05) is 53.7 Å². The second-order valence-corrected chi connectivity index (χ2v) is 16.9. The lowest BCUT2D eigenvalue weighted by atomic mass is 9.35. The predicted octanol–water partition coefficient (Wildman–Crippen LogP) is 4.96. The highest BCUT2D eigenvalue weighted by atomic mass is 28.4. The first-order valence-electron chi connectivity index (χ1n) is 11.9. The normalized spacial score (nSPS) is 41.2. The van der Waals surface area contributed by atoms with Crippen LogP contribution in [0.2, 0.25) is 16.6 Å². The van der Waals surface area contributed by atoms with Gasteiger partial charge in [0.2, 0.25) is 0 Å². The van der Waals surface area contributed by atoms with Gasteiger partial charge in [-0.3, -0.25) is 4.79 Å². The first-order valence-corrected chi connectivity index (χ1v) is 14.0. The van der Waals surface area contributed by atoms with E-state index >= 15 is 0 Å². The van der Waals surface area contributed by atoms with Crippen molar-refractivity contribution >= 4 is 14.3 Å². The molecule has 2 saturated heterocycles. The van der Waals surface area contributed by atoms with Gasteiger partial charge in [-0.25, -0.2) is 0 Å². The van der Waals surface area contributed by atoms with Crippen molar-refractivity contribution in [2.75, 3.05) is 19.8 Å². The zero-order valence-electron chi connectivity index (χ0n) is 19.5. The Kier molecular flexibility index (Phi) is 4.38. The second kappa shape index (κ2) is 6.21. The van der Waals surface area contributed by atoms with Gasteiger partial charge in [0, 0.05) is 24.9 Å². The summed E-state index contributed by atoms with van der Waals surface area (Å²) in [5, 5.41) is 0. The fraction of sp³-hybridized carbons (Fsp3) is 0.875. The van der Waals surface area contributed by atoms with Crippen LogP contribution in [0.1, 0.15) is 67.2 Å². The van der Waals surface area contributed by atoms with Gasteiger partial charge < -0.3 is 18.6 Å². The Balaban J connectivity index is 1.50. The van der Waals surface area contributed by atoms with Crippen molar-refractivity contribution in [1.29, 1.82) is 0 Å². The first-order chi connectivity index (χ1) is 14.0. The molecule has 4 atom stereocenters. The van der Waals surface area contributed by atoms with Crippen molar-refractivity contribution in [3.63, 3.8) is 0 Å². The van der Waals surface area contributed by atoms with Crippen molar-refractivity contribution in [1.82, 2.24) is 0 Å². The molecule has 4 saturated carbocycles. The molecule has 6 fully saturated rings. The Hall–Kier alpha value is -0.693. The van der Waals surface area contributed by atoms with Crippen molar-refractivity contribution in [2.24, 2.45) is 16.2 Å². The van der Waals surface area contributed by atoms with Gasteiger partial charge in [0.1, 0.15) is 6.10 Å². The van der Waals surface area contributed by atoms with E-state index in [2.05, 4.69) is 48.1 Å². The van der Waals surface area contributed by atoms with Crippen LogP contribution < -0.4 is 0 Å². The van der Waals surface area contributed by atoms with E-state index in [1.165, 1.54) is 5.57 Å². The SMILES string of the molecule is C=C1[C@@]2(CO[Si](C(C)C)(C(C)C)C(C)C)C[C@@H]3OC(=O)[C@]24CCC2(C[C@@]134)OCCO2. The highest BCUT2D eigenvalue weighted by Gasteiger charge is 2.93. The number of carbonyl (C=O) groups is 1. The molecule has 0 aromatic heterocycles. The maximum Gasteiger partial charge on any atom is 0.314 e. The predicted molar refractivity (Wildman–Crippen MR) is 116 cm³/mol. The molecule has 0 amide bonds. The molecule has 0 N–H and O–H groups in total. The smallest absolute Gasteiger partial charge is 0.314 e. The molecule has 0 aromatic rings. The Morgan fingerprint density at radius 1 is 1.07 bits per heavy atom. The monoisotopic (exact) mass is 434 g/mol. The molecule has 4 aliphatic carbocycles. The minimum Gasteiger partial charge on any atom is -0.461 e. The summed E-state index contributed by atoms with van der Waals surface area (Å²) < 4.78 is 25.2. The number of carbonyl (C=O) groups excluding carboxylic acids is 1. The summed E-state index contributed by atoms with van der Waals surface area (Å²) in [5.41, 5.74) is 1.63. The summed E-state index contributed by atoms with van der Waals surface area (Å²) in [5.74, 6) is -0.573. The lowest BCUT2D eigenvalue weighted by Crippen LogP contribution is -2.70. The summed E-state index contributed by atoms with van der Waals surface area (Å²) >= 11 is 0. The maximum absolute atomic E-state index is 13.3. The van der Waals surface area contributed by atoms with Crippen LogP contribution in [-0.4, -0.2) is 46.0 Å². The van der Waals surface area contributed by atoms with Crippen LogP contribution in [0.5, 0.6) is 0 Å². The lowest BCUT2D eigenvalue weighted by Gasteiger charge is -2.66. The first kappa shape index (κ1) is 21.2. The van der Waals surface area contributed by atoms with Gasteiger partial charge in [0.05, 0.1) is 24.0 Å². The highest BCUT2D eigenvalue weighted by Crippen LogP contribution is 2.89. The molecule has 4 bridgehead atoms. The average molecular weight is 435 g/mol. The largest absolute Gasteiger partial charge is 0.461 e. The number of hydrogen-bond donors (Lipinski definition) is 0. The molecule has 2 heterocycles. The molecule has 30 heavy (non-hydrogen) atoms. The molecular formula is C24H38O5Si. The van der Waals surface area contributed by atoms with Crippen molar-refractivity contribution in [2.45, 2.75) is 95.7 Å². The van der Waals surface area contributed by atoms with E-state index in [9.17, 15) is 4.79 Å². The number of ether oxygens (including phenoxy) is 3. The zero-order chi connectivity index (χ0) is 21.7. The van der Waals surface area contributed by atoms with Gasteiger partial charge in [-0.05, 0) is 29.5 Å². The number of rotatable bonds is 6. The molecule has 2 aliphatic heterocycles. The Morgan fingerprint density at radius 3 is 2.23 bits per heavy atom. The molecule has 2 spiro atoms. The van der Waals surface area contributed by atoms with E-state index in [1.807, 2.05) is 0 Å². The van der Waals surface area contributed by atoms with Gasteiger partial charge in [-0.15, -0.1) is 0 Å². The second-order valence-electron chi connectivity index (χ2n) is 11.4. The number of esters is 1. The summed E-state index contributed by atoms with van der Waals surface area (Å²) in [4.78, 5) is 13.3. The fourth-order valence-corrected chi connectivity index (χ4v) is 14.4.